The summed E-state index contributed by atoms with van der Waals surface area (Å²) in [6, 6.07) is -0.0380. The van der Waals surface area contributed by atoms with Gasteiger partial charge in [0.15, 0.2) is 5.75 Å². The topological polar surface area (TPSA) is 74.3 Å². The molecule has 0 aliphatic heterocycles. The minimum absolute atomic E-state index is 0.0380. The minimum atomic E-state index is -0.0380. The molecular weight excluding hydrogens is 232 g/mol. The summed E-state index contributed by atoms with van der Waals surface area (Å²) >= 11 is 0. The molecule has 0 spiro atoms. The Balaban J connectivity index is 2.97. The largest absolute Gasteiger partial charge is 0.493 e. The zero-order chi connectivity index (χ0) is 13.5. The van der Waals surface area contributed by atoms with Gasteiger partial charge >= 0.3 is 0 Å². The highest BCUT2D eigenvalue weighted by Gasteiger charge is 2.22. The van der Waals surface area contributed by atoms with Crippen LogP contribution in [0.3, 0.4) is 0 Å². The van der Waals surface area contributed by atoms with Crippen molar-refractivity contribution in [3.05, 3.63) is 11.9 Å². The molecule has 1 rings (SSSR count). The molecular formula is C12H24N4O2. The van der Waals surface area contributed by atoms with Crippen LogP contribution in [0.1, 0.15) is 38.4 Å². The summed E-state index contributed by atoms with van der Waals surface area (Å²) in [6.45, 7) is 4.97. The predicted molar refractivity (Wildman–Crippen MR) is 70.2 cm³/mol. The van der Waals surface area contributed by atoms with E-state index in [2.05, 4.69) is 17.4 Å². The van der Waals surface area contributed by atoms with Crippen molar-refractivity contribution in [3.63, 3.8) is 0 Å². The van der Waals surface area contributed by atoms with E-state index in [1.807, 2.05) is 11.6 Å². The van der Waals surface area contributed by atoms with Crippen molar-refractivity contribution in [2.45, 2.75) is 45.4 Å². The fourth-order valence-electron chi connectivity index (χ4n) is 1.96. The summed E-state index contributed by atoms with van der Waals surface area (Å²) in [7, 11) is 3.34. The lowest BCUT2D eigenvalue weighted by Gasteiger charge is -2.21. The van der Waals surface area contributed by atoms with Gasteiger partial charge < -0.3 is 9.47 Å². The molecule has 0 aliphatic carbocycles. The van der Waals surface area contributed by atoms with Crippen molar-refractivity contribution in [2.24, 2.45) is 5.84 Å². The minimum Gasteiger partial charge on any atom is -0.493 e. The number of aryl methyl sites for hydroxylation is 1. The second kappa shape index (κ2) is 7.35. The number of hydrogen-bond acceptors (Lipinski definition) is 5. The summed E-state index contributed by atoms with van der Waals surface area (Å²) in [6.07, 6.45) is 3.61. The molecule has 2 atom stereocenters. The summed E-state index contributed by atoms with van der Waals surface area (Å²) in [5.41, 5.74) is 3.80. The number of aromatic nitrogens is 2. The molecule has 0 aromatic carbocycles. The van der Waals surface area contributed by atoms with Gasteiger partial charge in [0.1, 0.15) is 0 Å². The molecule has 0 bridgehead atoms. The molecule has 2 unspecified atom stereocenters. The van der Waals surface area contributed by atoms with Crippen LogP contribution in [0.2, 0.25) is 0 Å². The maximum Gasteiger partial charge on any atom is 0.161 e. The predicted octanol–water partition coefficient (Wildman–Crippen LogP) is 1.23. The van der Waals surface area contributed by atoms with E-state index in [-0.39, 0.29) is 12.1 Å². The van der Waals surface area contributed by atoms with Gasteiger partial charge in [0, 0.05) is 13.7 Å². The molecule has 0 radical (unpaired) electrons. The zero-order valence-corrected chi connectivity index (χ0v) is 11.6. The summed E-state index contributed by atoms with van der Waals surface area (Å²) in [5.74, 6) is 6.41. The summed E-state index contributed by atoms with van der Waals surface area (Å²) in [5, 5.41) is 4.33. The summed E-state index contributed by atoms with van der Waals surface area (Å²) < 4.78 is 12.6. The lowest BCUT2D eigenvalue weighted by Crippen LogP contribution is -2.32. The van der Waals surface area contributed by atoms with Crippen molar-refractivity contribution in [2.75, 3.05) is 14.2 Å². The highest BCUT2D eigenvalue weighted by molar-refractivity contribution is 5.28. The fraction of sp³-hybridized carbons (Fsp3) is 0.750. The second-order valence-corrected chi connectivity index (χ2v) is 4.32. The van der Waals surface area contributed by atoms with Gasteiger partial charge in [-0.1, -0.05) is 6.92 Å². The van der Waals surface area contributed by atoms with E-state index < -0.39 is 0 Å². The van der Waals surface area contributed by atoms with Crippen molar-refractivity contribution < 1.29 is 9.47 Å². The van der Waals surface area contributed by atoms with E-state index in [4.69, 9.17) is 15.3 Å². The van der Waals surface area contributed by atoms with Crippen LogP contribution in [-0.4, -0.2) is 30.1 Å². The Morgan fingerprint density at radius 2 is 2.22 bits per heavy atom. The highest BCUT2D eigenvalue weighted by Crippen LogP contribution is 2.28. The third-order valence-electron chi connectivity index (χ3n) is 3.00. The Morgan fingerprint density at radius 1 is 1.50 bits per heavy atom. The molecule has 0 saturated carbocycles. The molecule has 0 saturated heterocycles. The molecule has 3 N–H and O–H groups in total. The third-order valence-corrected chi connectivity index (χ3v) is 3.00. The second-order valence-electron chi connectivity index (χ2n) is 4.32. The molecule has 1 aromatic rings. The molecule has 6 nitrogen and oxygen atoms in total. The van der Waals surface area contributed by atoms with Gasteiger partial charge in [-0.05, 0) is 19.8 Å². The fourth-order valence-corrected chi connectivity index (χ4v) is 1.96. The third kappa shape index (κ3) is 3.44. The molecule has 0 fully saturated rings. The van der Waals surface area contributed by atoms with Gasteiger partial charge in [-0.15, -0.1) is 0 Å². The number of nitrogens with two attached hydrogens (primary N) is 1. The van der Waals surface area contributed by atoms with Crippen LogP contribution in [0.4, 0.5) is 0 Å². The van der Waals surface area contributed by atoms with E-state index in [9.17, 15) is 0 Å². The number of hydrazine groups is 1. The SMILES string of the molecule is CCCn1ncc(OC)c1C(CC(C)OC)NN. The molecule has 1 heterocycles. The number of methoxy groups -OCH3 is 2. The molecule has 6 heteroatoms. The maximum absolute atomic E-state index is 5.65. The Labute approximate surface area is 108 Å². The highest BCUT2D eigenvalue weighted by atomic mass is 16.5. The Bertz CT molecular complexity index is 354. The first-order valence-electron chi connectivity index (χ1n) is 6.26. The Morgan fingerprint density at radius 3 is 2.72 bits per heavy atom. The average Bonchev–Trinajstić information content (AvgIpc) is 2.79. The smallest absolute Gasteiger partial charge is 0.161 e. The average molecular weight is 256 g/mol. The van der Waals surface area contributed by atoms with Crippen LogP contribution in [0.25, 0.3) is 0 Å². The molecule has 18 heavy (non-hydrogen) atoms. The van der Waals surface area contributed by atoms with Crippen LogP contribution in [-0.2, 0) is 11.3 Å². The Hall–Kier alpha value is -1.11. The lowest BCUT2D eigenvalue weighted by atomic mass is 10.1. The van der Waals surface area contributed by atoms with E-state index in [0.717, 1.165) is 30.8 Å². The molecule has 1 aromatic heterocycles. The number of rotatable bonds is 8. The van der Waals surface area contributed by atoms with Crippen molar-refractivity contribution in [1.82, 2.24) is 15.2 Å². The zero-order valence-electron chi connectivity index (χ0n) is 11.6. The van der Waals surface area contributed by atoms with E-state index in [1.165, 1.54) is 0 Å². The molecule has 0 amide bonds. The van der Waals surface area contributed by atoms with E-state index in [0.29, 0.717) is 0 Å². The van der Waals surface area contributed by atoms with Gasteiger partial charge in [-0.2, -0.15) is 5.10 Å². The van der Waals surface area contributed by atoms with Crippen LogP contribution >= 0.6 is 0 Å². The van der Waals surface area contributed by atoms with Gasteiger partial charge in [0.2, 0.25) is 0 Å². The van der Waals surface area contributed by atoms with Crippen LogP contribution in [0.5, 0.6) is 5.75 Å². The normalized spacial score (nSPS) is 14.5. The van der Waals surface area contributed by atoms with E-state index >= 15 is 0 Å². The first-order valence-corrected chi connectivity index (χ1v) is 6.26. The standard InChI is InChI=1S/C12H24N4O2/c1-5-6-16-12(11(18-4)8-14-16)10(15-13)7-9(2)17-3/h8-10,15H,5-7,13H2,1-4H3. The summed E-state index contributed by atoms with van der Waals surface area (Å²) in [4.78, 5) is 0. The van der Waals surface area contributed by atoms with Gasteiger partial charge in [0.05, 0.1) is 31.1 Å². The van der Waals surface area contributed by atoms with Gasteiger partial charge in [0.25, 0.3) is 0 Å². The van der Waals surface area contributed by atoms with Crippen molar-refractivity contribution >= 4 is 0 Å². The maximum atomic E-state index is 5.65. The van der Waals surface area contributed by atoms with Crippen LogP contribution in [0.15, 0.2) is 6.20 Å². The van der Waals surface area contributed by atoms with Crippen LogP contribution in [0, 0.1) is 0 Å². The first-order chi connectivity index (χ1) is 8.67. The van der Waals surface area contributed by atoms with Crippen LogP contribution < -0.4 is 16.0 Å². The van der Waals surface area contributed by atoms with Crippen molar-refractivity contribution in [3.8, 4) is 5.75 Å². The Kier molecular flexibility index (Phi) is 6.11. The van der Waals surface area contributed by atoms with Gasteiger partial charge in [-0.25, -0.2) is 0 Å². The van der Waals surface area contributed by atoms with E-state index in [1.54, 1.807) is 20.4 Å². The number of nitrogens with one attached hydrogen (secondary N) is 1. The van der Waals surface area contributed by atoms with Gasteiger partial charge in [-0.3, -0.25) is 16.0 Å². The molecule has 104 valence electrons. The number of hydrogen-bond donors (Lipinski definition) is 2. The lowest BCUT2D eigenvalue weighted by molar-refractivity contribution is 0.0989. The first kappa shape index (κ1) is 14.9. The molecule has 0 aliphatic rings. The number of ether oxygens (including phenoxy) is 2. The monoisotopic (exact) mass is 256 g/mol. The van der Waals surface area contributed by atoms with Crippen molar-refractivity contribution in [1.29, 1.82) is 0 Å². The quantitative estimate of drug-likeness (QED) is 0.540. The number of nitrogens with zero attached hydrogens (tertiary/aromatic N) is 2.